The molecule has 9 nitrogen and oxygen atoms in total. The van der Waals surface area contributed by atoms with Crippen molar-refractivity contribution in [1.29, 1.82) is 5.26 Å². The van der Waals surface area contributed by atoms with E-state index in [2.05, 4.69) is 56.4 Å². The van der Waals surface area contributed by atoms with E-state index < -0.39 is 0 Å². The van der Waals surface area contributed by atoms with E-state index in [1.54, 1.807) is 6.33 Å². The number of benzene rings is 1. The standard InChI is InChI=1S/C31H36N8O/c1-20-11-21(2)17-39(16-20)18-23-12-27(36-26-8-10-33-28(23)26)29(40)35-25-6-4-5-24(13-25)31(14-22(15-31)7-9-32)30-37-34-19-38(30)3/h4-6,8,10,12-13,19-22,33H,7,11,14-18H2,1-3H3,(H,35,40)/t20-,21+,22?,31?. The van der Waals surface area contributed by atoms with Crippen LogP contribution in [0.3, 0.4) is 0 Å². The van der Waals surface area contributed by atoms with Crippen LogP contribution in [0.4, 0.5) is 5.69 Å². The Morgan fingerprint density at radius 3 is 2.73 bits per heavy atom. The second-order valence-corrected chi connectivity index (χ2v) is 12.1. The van der Waals surface area contributed by atoms with Crippen LogP contribution < -0.4 is 5.32 Å². The Labute approximate surface area is 234 Å². The van der Waals surface area contributed by atoms with Gasteiger partial charge in [-0.3, -0.25) is 9.69 Å². The molecule has 0 radical (unpaired) electrons. The number of aromatic nitrogens is 5. The Hall–Kier alpha value is -4.03. The zero-order chi connectivity index (χ0) is 27.9. The van der Waals surface area contributed by atoms with Crippen LogP contribution in [0.1, 0.15) is 67.0 Å². The minimum atomic E-state index is -0.328. The van der Waals surface area contributed by atoms with E-state index in [0.29, 0.717) is 35.6 Å². The molecule has 9 heteroatoms. The molecular formula is C31H36N8O. The van der Waals surface area contributed by atoms with E-state index in [4.69, 9.17) is 0 Å². The Morgan fingerprint density at radius 2 is 2.00 bits per heavy atom. The highest BCUT2D eigenvalue weighted by Crippen LogP contribution is 2.53. The maximum Gasteiger partial charge on any atom is 0.274 e. The van der Waals surface area contributed by atoms with Gasteiger partial charge in [0.05, 0.1) is 22.5 Å². The minimum absolute atomic E-state index is 0.231. The summed E-state index contributed by atoms with van der Waals surface area (Å²) in [4.78, 5) is 24.0. The van der Waals surface area contributed by atoms with Gasteiger partial charge in [-0.2, -0.15) is 5.26 Å². The fourth-order valence-corrected chi connectivity index (χ4v) is 7.07. The first-order chi connectivity index (χ1) is 19.3. The molecule has 4 aromatic rings. The third-order valence-electron chi connectivity index (χ3n) is 8.64. The molecular weight excluding hydrogens is 500 g/mol. The number of nitriles is 1. The van der Waals surface area contributed by atoms with Crippen molar-refractivity contribution in [1.82, 2.24) is 29.6 Å². The van der Waals surface area contributed by atoms with E-state index in [-0.39, 0.29) is 11.3 Å². The lowest BCUT2D eigenvalue weighted by Gasteiger charge is -2.46. The van der Waals surface area contributed by atoms with Crippen LogP contribution in [0, 0.1) is 29.1 Å². The van der Waals surface area contributed by atoms with Crippen LogP contribution in [0.25, 0.3) is 11.0 Å². The molecule has 0 unspecified atom stereocenters. The summed E-state index contributed by atoms with van der Waals surface area (Å²) in [5.41, 5.74) is 4.75. The van der Waals surface area contributed by atoms with E-state index >= 15 is 0 Å². The van der Waals surface area contributed by atoms with E-state index in [0.717, 1.165) is 60.5 Å². The van der Waals surface area contributed by atoms with E-state index in [1.807, 2.05) is 48.1 Å². The van der Waals surface area contributed by atoms with Crippen molar-refractivity contribution in [2.75, 3.05) is 18.4 Å². The number of likely N-dealkylation sites (tertiary alicyclic amines) is 1. The molecule has 1 saturated carbocycles. The van der Waals surface area contributed by atoms with Crippen LogP contribution in [0.15, 0.2) is 48.9 Å². The highest BCUT2D eigenvalue weighted by atomic mass is 16.1. The average molecular weight is 537 g/mol. The lowest BCUT2D eigenvalue weighted by atomic mass is 9.57. The SMILES string of the molecule is C[C@@H]1C[C@H](C)CN(Cc2cc(C(=O)Nc3cccc(C4(c5nncn5C)CC(CC#N)C4)c3)nc3cc[nH]c23)C1. The number of hydrogen-bond acceptors (Lipinski definition) is 6. The summed E-state index contributed by atoms with van der Waals surface area (Å²) in [5.74, 6) is 2.30. The molecule has 2 atom stereocenters. The van der Waals surface area contributed by atoms with Crippen molar-refractivity contribution in [3.63, 3.8) is 0 Å². The number of H-pyrrole nitrogens is 1. The fourth-order valence-electron chi connectivity index (χ4n) is 7.07. The molecule has 3 aromatic heterocycles. The number of rotatable bonds is 7. The number of carbonyl (C=O) groups excluding carboxylic acids is 1. The number of anilines is 1. The number of aromatic amines is 1. The Morgan fingerprint density at radius 1 is 1.20 bits per heavy atom. The molecule has 40 heavy (non-hydrogen) atoms. The molecule has 2 N–H and O–H groups in total. The molecule has 0 spiro atoms. The van der Waals surface area contributed by atoms with E-state index in [1.165, 1.54) is 6.42 Å². The Bertz CT molecular complexity index is 1560. The van der Waals surface area contributed by atoms with Crippen molar-refractivity contribution in [3.05, 3.63) is 71.6 Å². The summed E-state index contributed by atoms with van der Waals surface area (Å²) in [7, 11) is 1.95. The van der Waals surface area contributed by atoms with Crippen LogP contribution in [0.2, 0.25) is 0 Å². The van der Waals surface area contributed by atoms with Gasteiger partial charge < -0.3 is 14.9 Å². The van der Waals surface area contributed by atoms with Crippen molar-refractivity contribution in [3.8, 4) is 6.07 Å². The van der Waals surface area contributed by atoms with Crippen LogP contribution in [0.5, 0.6) is 0 Å². The first-order valence-corrected chi connectivity index (χ1v) is 14.2. The number of amides is 1. The third-order valence-corrected chi connectivity index (χ3v) is 8.64. The van der Waals surface area contributed by atoms with Gasteiger partial charge in [0, 0.05) is 45.0 Å². The summed E-state index contributed by atoms with van der Waals surface area (Å²) >= 11 is 0. The minimum Gasteiger partial charge on any atom is -0.360 e. The normalized spacial score (nSPS) is 24.9. The van der Waals surface area contributed by atoms with E-state index in [9.17, 15) is 10.1 Å². The Balaban J connectivity index is 1.26. The largest absolute Gasteiger partial charge is 0.360 e. The van der Waals surface area contributed by atoms with Crippen molar-refractivity contribution in [2.24, 2.45) is 24.8 Å². The van der Waals surface area contributed by atoms with Gasteiger partial charge in [-0.15, -0.1) is 10.2 Å². The lowest BCUT2D eigenvalue weighted by molar-refractivity contribution is 0.102. The van der Waals surface area contributed by atoms with Gasteiger partial charge in [0.15, 0.2) is 0 Å². The smallest absolute Gasteiger partial charge is 0.274 e. The molecule has 2 fully saturated rings. The zero-order valence-electron chi connectivity index (χ0n) is 23.4. The number of carbonyl (C=O) groups is 1. The predicted octanol–water partition coefficient (Wildman–Crippen LogP) is 5.03. The molecule has 1 aromatic carbocycles. The summed E-state index contributed by atoms with van der Waals surface area (Å²) < 4.78 is 1.95. The summed E-state index contributed by atoms with van der Waals surface area (Å²) in [5, 5.41) is 20.9. The maximum atomic E-state index is 13.5. The van der Waals surface area contributed by atoms with Gasteiger partial charge in [-0.05, 0) is 72.4 Å². The second kappa shape index (κ2) is 10.5. The summed E-state index contributed by atoms with van der Waals surface area (Å²) in [6, 6.07) is 14.1. The molecule has 2 aliphatic rings. The second-order valence-electron chi connectivity index (χ2n) is 12.1. The highest BCUT2D eigenvalue weighted by Gasteiger charge is 2.49. The molecule has 1 amide bonds. The van der Waals surface area contributed by atoms with Crippen LogP contribution >= 0.6 is 0 Å². The molecule has 1 aliphatic heterocycles. The number of aryl methyl sites for hydroxylation is 1. The average Bonchev–Trinajstić information content (AvgIpc) is 3.55. The number of nitrogens with zero attached hydrogens (tertiary/aromatic N) is 6. The fraction of sp³-hybridized carbons (Fsp3) is 0.452. The molecule has 6 rings (SSSR count). The van der Waals surface area contributed by atoms with Crippen LogP contribution in [-0.4, -0.2) is 48.6 Å². The van der Waals surface area contributed by atoms with Crippen molar-refractivity contribution >= 4 is 22.6 Å². The number of pyridine rings is 1. The first-order valence-electron chi connectivity index (χ1n) is 14.2. The first kappa shape index (κ1) is 26.2. The number of fused-ring (bicyclic) bond motifs is 1. The van der Waals surface area contributed by atoms with Gasteiger partial charge in [-0.1, -0.05) is 26.0 Å². The maximum absolute atomic E-state index is 13.5. The van der Waals surface area contributed by atoms with Crippen molar-refractivity contribution < 1.29 is 4.79 Å². The van der Waals surface area contributed by atoms with Gasteiger partial charge in [0.1, 0.15) is 17.8 Å². The third kappa shape index (κ3) is 4.88. The monoisotopic (exact) mass is 536 g/mol. The van der Waals surface area contributed by atoms with Gasteiger partial charge in [0.25, 0.3) is 5.91 Å². The number of hydrogen-bond donors (Lipinski definition) is 2. The quantitative estimate of drug-likeness (QED) is 0.342. The van der Waals surface area contributed by atoms with Gasteiger partial charge >= 0.3 is 0 Å². The molecule has 1 aliphatic carbocycles. The topological polar surface area (TPSA) is 116 Å². The number of nitrogens with one attached hydrogen (secondary N) is 2. The van der Waals surface area contributed by atoms with Gasteiger partial charge in [-0.25, -0.2) is 4.98 Å². The molecule has 4 heterocycles. The molecule has 0 bridgehead atoms. The predicted molar refractivity (Wildman–Crippen MR) is 153 cm³/mol. The Kier molecular flexibility index (Phi) is 6.88. The molecule has 1 saturated heterocycles. The summed E-state index contributed by atoms with van der Waals surface area (Å²) in [6.07, 6.45) is 7.04. The lowest BCUT2D eigenvalue weighted by Crippen LogP contribution is -2.44. The highest BCUT2D eigenvalue weighted by molar-refractivity contribution is 6.04. The zero-order valence-corrected chi connectivity index (χ0v) is 23.4. The summed E-state index contributed by atoms with van der Waals surface area (Å²) in [6.45, 7) is 7.54. The van der Waals surface area contributed by atoms with Crippen molar-refractivity contribution in [2.45, 2.75) is 51.5 Å². The van der Waals surface area contributed by atoms with Gasteiger partial charge in [0.2, 0.25) is 0 Å². The number of piperidine rings is 1. The molecule has 206 valence electrons. The van der Waals surface area contributed by atoms with Crippen LogP contribution in [-0.2, 0) is 19.0 Å².